The molecule has 0 saturated carbocycles. The van der Waals surface area contributed by atoms with Crippen LogP contribution in [0.5, 0.6) is 0 Å². The Balaban J connectivity index is 0. The molecule has 4 nitrogen and oxygen atoms in total. The minimum absolute atomic E-state index is 0. The molecule has 0 radical (unpaired) electrons. The number of carbonyl (C=O) groups excluding carboxylic acids is 1. The summed E-state index contributed by atoms with van der Waals surface area (Å²) in [6.45, 7) is 7.59. The van der Waals surface area contributed by atoms with Crippen LogP contribution in [0.15, 0.2) is 0 Å². The molecular formula is C10H23NO3. The third-order valence-corrected chi connectivity index (χ3v) is 1.71. The zero-order valence-electron chi connectivity index (χ0n) is 9.46. The summed E-state index contributed by atoms with van der Waals surface area (Å²) in [6, 6.07) is 0. The number of ether oxygens (including phenoxy) is 1. The first kappa shape index (κ1) is 13.4. The van der Waals surface area contributed by atoms with E-state index >= 15 is 0 Å². The predicted octanol–water partition coefficient (Wildman–Crippen LogP) is 1.14. The molecular weight excluding hydrogens is 182 g/mol. The number of aliphatic hydroxyl groups is 1. The van der Waals surface area contributed by atoms with E-state index in [2.05, 4.69) is 5.32 Å². The summed E-state index contributed by atoms with van der Waals surface area (Å²) >= 11 is 0. The van der Waals surface area contributed by atoms with Crippen molar-refractivity contribution in [3.63, 3.8) is 0 Å². The second-order valence-electron chi connectivity index (χ2n) is 4.40. The topological polar surface area (TPSA) is 58.6 Å². The molecule has 0 aliphatic rings. The van der Waals surface area contributed by atoms with Crippen LogP contribution in [0.25, 0.3) is 0 Å². The van der Waals surface area contributed by atoms with Crippen LogP contribution in [0.4, 0.5) is 0 Å². The second kappa shape index (κ2) is 5.98. The third-order valence-electron chi connectivity index (χ3n) is 1.71. The maximum absolute atomic E-state index is 11.2. The van der Waals surface area contributed by atoms with E-state index in [4.69, 9.17) is 9.84 Å². The zero-order chi connectivity index (χ0) is 11.2. The fourth-order valence-electron chi connectivity index (χ4n) is 0.801. The molecule has 0 aliphatic carbocycles. The molecule has 4 heteroatoms. The van der Waals surface area contributed by atoms with Crippen LogP contribution in [0, 0.1) is 5.92 Å². The molecule has 0 rings (SSSR count). The van der Waals surface area contributed by atoms with E-state index in [-0.39, 0.29) is 20.7 Å². The average molecular weight is 205 g/mol. The van der Waals surface area contributed by atoms with Crippen molar-refractivity contribution in [1.82, 2.24) is 5.32 Å². The second-order valence-corrected chi connectivity index (χ2v) is 4.40. The Bertz CT molecular complexity index is 184. The lowest BCUT2D eigenvalue weighted by molar-refractivity contribution is -0.126. The van der Waals surface area contributed by atoms with E-state index in [0.29, 0.717) is 12.3 Å². The van der Waals surface area contributed by atoms with Gasteiger partial charge in [-0.05, 0) is 19.8 Å². The van der Waals surface area contributed by atoms with E-state index in [0.717, 1.165) is 0 Å². The van der Waals surface area contributed by atoms with Crippen molar-refractivity contribution in [3.8, 4) is 0 Å². The molecule has 86 valence electrons. The number of nitrogens with one attached hydrogen (secondary N) is 1. The van der Waals surface area contributed by atoms with Crippen LogP contribution in [-0.4, -0.2) is 30.0 Å². The van der Waals surface area contributed by atoms with E-state index in [1.54, 1.807) is 13.8 Å². The molecule has 2 N–H and O–H groups in total. The van der Waals surface area contributed by atoms with Gasteiger partial charge in [-0.3, -0.25) is 4.79 Å². The highest BCUT2D eigenvalue weighted by Crippen LogP contribution is 2.06. The van der Waals surface area contributed by atoms with Crippen molar-refractivity contribution in [2.45, 2.75) is 39.7 Å². The smallest absolute Gasteiger partial charge is 0.222 e. The van der Waals surface area contributed by atoms with Gasteiger partial charge in [-0.15, -0.1) is 0 Å². The first-order chi connectivity index (χ1) is 6.37. The quantitative estimate of drug-likeness (QED) is 0.639. The summed E-state index contributed by atoms with van der Waals surface area (Å²) in [5.41, 5.74) is -0.592. The van der Waals surface area contributed by atoms with Crippen LogP contribution in [0.3, 0.4) is 0 Å². The Labute approximate surface area is 87.1 Å². The molecule has 14 heavy (non-hydrogen) atoms. The van der Waals surface area contributed by atoms with Gasteiger partial charge >= 0.3 is 0 Å². The van der Waals surface area contributed by atoms with Gasteiger partial charge in [0.15, 0.2) is 0 Å². The van der Waals surface area contributed by atoms with Crippen molar-refractivity contribution in [2.24, 2.45) is 5.92 Å². The molecule has 0 bridgehead atoms. The lowest BCUT2D eigenvalue weighted by atomic mass is 10.1. The van der Waals surface area contributed by atoms with Gasteiger partial charge in [0.05, 0.1) is 12.2 Å². The van der Waals surface area contributed by atoms with E-state index in [9.17, 15) is 4.79 Å². The molecule has 1 amide bonds. The van der Waals surface area contributed by atoms with Crippen LogP contribution in [0.1, 0.15) is 35.5 Å². The zero-order valence-corrected chi connectivity index (χ0v) is 9.46. The molecule has 0 atom stereocenters. The number of aliphatic hydroxyl groups excluding tert-OH is 1. The summed E-state index contributed by atoms with van der Waals surface area (Å²) in [4.78, 5) is 11.2. The lowest BCUT2D eigenvalue weighted by Gasteiger charge is -2.22. The van der Waals surface area contributed by atoms with Crippen molar-refractivity contribution < 1.29 is 16.1 Å². The van der Waals surface area contributed by atoms with Crippen LogP contribution < -0.4 is 5.32 Å². The van der Waals surface area contributed by atoms with Crippen LogP contribution in [-0.2, 0) is 9.53 Å². The van der Waals surface area contributed by atoms with Gasteiger partial charge in [0.1, 0.15) is 6.73 Å². The highest BCUT2D eigenvalue weighted by atomic mass is 16.5. The Morgan fingerprint density at radius 1 is 1.57 bits per heavy atom. The van der Waals surface area contributed by atoms with Crippen molar-refractivity contribution in [3.05, 3.63) is 0 Å². The summed E-state index contributed by atoms with van der Waals surface area (Å²) in [6.07, 6.45) is 0.503. The first-order valence-corrected chi connectivity index (χ1v) is 4.89. The van der Waals surface area contributed by atoms with Gasteiger partial charge < -0.3 is 15.2 Å². The Morgan fingerprint density at radius 2 is 2.14 bits per heavy atom. The number of hydrogen-bond donors (Lipinski definition) is 2. The minimum Gasteiger partial charge on any atom is -0.393 e. The maximum atomic E-state index is 11.2. The van der Waals surface area contributed by atoms with E-state index in [1.807, 2.05) is 13.8 Å². The van der Waals surface area contributed by atoms with E-state index in [1.165, 1.54) is 0 Å². The summed E-state index contributed by atoms with van der Waals surface area (Å²) in [7, 11) is 0. The van der Waals surface area contributed by atoms with Gasteiger partial charge in [0, 0.05) is 7.85 Å². The van der Waals surface area contributed by atoms with Gasteiger partial charge in [0.25, 0.3) is 0 Å². The standard InChI is InChI=1S/C10H21NO3.H2/c1-8(2)5-9(13)11-7-14-10(3,4)6-12;/h8,12H,5-7H2,1-4H3,(H,11,13);1H. The fourth-order valence-corrected chi connectivity index (χ4v) is 0.801. The molecule has 0 aliphatic heterocycles. The van der Waals surface area contributed by atoms with Gasteiger partial charge in [0.2, 0.25) is 5.91 Å². The molecule has 0 aromatic heterocycles. The normalized spacial score (nSPS) is 11.9. The van der Waals surface area contributed by atoms with Crippen LogP contribution in [0.2, 0.25) is 0 Å². The highest BCUT2D eigenvalue weighted by molar-refractivity contribution is 5.75. The maximum Gasteiger partial charge on any atom is 0.222 e. The Hall–Kier alpha value is -0.610. The number of amides is 1. The number of hydrogen-bond acceptors (Lipinski definition) is 3. The largest absolute Gasteiger partial charge is 0.393 e. The van der Waals surface area contributed by atoms with E-state index < -0.39 is 5.60 Å². The Kier molecular flexibility index (Phi) is 5.72. The van der Waals surface area contributed by atoms with Crippen molar-refractivity contribution >= 4 is 5.91 Å². The first-order valence-electron chi connectivity index (χ1n) is 4.89. The number of rotatable bonds is 6. The van der Waals surface area contributed by atoms with Crippen molar-refractivity contribution in [2.75, 3.05) is 13.3 Å². The van der Waals surface area contributed by atoms with Gasteiger partial charge in [-0.2, -0.15) is 0 Å². The SMILES string of the molecule is CC(C)CC(=O)NCOC(C)(C)CO.[HH]. The minimum atomic E-state index is -0.592. The molecule has 0 heterocycles. The van der Waals surface area contributed by atoms with Crippen LogP contribution >= 0.6 is 0 Å². The Morgan fingerprint density at radius 3 is 2.57 bits per heavy atom. The fraction of sp³-hybridized carbons (Fsp3) is 0.900. The predicted molar refractivity (Wildman–Crippen MR) is 56.8 cm³/mol. The highest BCUT2D eigenvalue weighted by Gasteiger charge is 2.16. The molecule has 0 saturated heterocycles. The lowest BCUT2D eigenvalue weighted by Crippen LogP contribution is -2.36. The molecule has 0 spiro atoms. The molecule has 0 aromatic rings. The third kappa shape index (κ3) is 6.86. The summed E-state index contributed by atoms with van der Waals surface area (Å²) < 4.78 is 5.25. The molecule has 0 aromatic carbocycles. The molecule has 0 fully saturated rings. The summed E-state index contributed by atoms with van der Waals surface area (Å²) in [5.74, 6) is 0.328. The average Bonchev–Trinajstić information content (AvgIpc) is 2.02. The monoisotopic (exact) mass is 205 g/mol. The molecule has 0 unspecified atom stereocenters. The van der Waals surface area contributed by atoms with Gasteiger partial charge in [-0.1, -0.05) is 13.8 Å². The van der Waals surface area contributed by atoms with Crippen molar-refractivity contribution in [1.29, 1.82) is 0 Å². The van der Waals surface area contributed by atoms with Gasteiger partial charge in [-0.25, -0.2) is 0 Å². The number of carbonyl (C=O) groups is 1. The summed E-state index contributed by atoms with van der Waals surface area (Å²) in [5, 5.41) is 11.5.